The molecule has 116 valence electrons. The number of hydrogen-bond donors (Lipinski definition) is 1. The van der Waals surface area contributed by atoms with Crippen molar-refractivity contribution in [3.63, 3.8) is 0 Å². The van der Waals surface area contributed by atoms with E-state index >= 15 is 0 Å². The van der Waals surface area contributed by atoms with Crippen molar-refractivity contribution in [3.05, 3.63) is 53.1 Å². The molecule has 0 amide bonds. The summed E-state index contributed by atoms with van der Waals surface area (Å²) in [5, 5.41) is 3.58. The predicted octanol–water partition coefficient (Wildman–Crippen LogP) is 2.95. The van der Waals surface area contributed by atoms with E-state index in [9.17, 15) is 0 Å². The lowest BCUT2D eigenvalue weighted by Gasteiger charge is -2.28. The summed E-state index contributed by atoms with van der Waals surface area (Å²) in [6.45, 7) is 0.935. The molecule has 2 aromatic rings. The zero-order valence-corrected chi connectivity index (χ0v) is 13.2. The zero-order chi connectivity index (χ0) is 15.5. The number of hydrogen-bond acceptors (Lipinski definition) is 4. The average Bonchev–Trinajstić information content (AvgIpc) is 2.59. The Kier molecular flexibility index (Phi) is 4.20. The molecule has 0 unspecified atom stereocenters. The fourth-order valence-electron chi connectivity index (χ4n) is 3.00. The lowest BCUT2D eigenvalue weighted by Crippen LogP contribution is -2.30. The van der Waals surface area contributed by atoms with E-state index in [2.05, 4.69) is 29.6 Å². The smallest absolute Gasteiger partial charge is 0.161 e. The van der Waals surface area contributed by atoms with Crippen LogP contribution in [0.1, 0.15) is 22.7 Å². The molecule has 1 aliphatic heterocycles. The van der Waals surface area contributed by atoms with Gasteiger partial charge >= 0.3 is 0 Å². The molecule has 0 bridgehead atoms. The van der Waals surface area contributed by atoms with Crippen LogP contribution in [-0.4, -0.2) is 27.9 Å². The lowest BCUT2D eigenvalue weighted by atomic mass is 9.89. The molecule has 4 heteroatoms. The minimum atomic E-state index is 0.138. The Labute approximate surface area is 131 Å². The van der Waals surface area contributed by atoms with Gasteiger partial charge in [0, 0.05) is 6.54 Å². The monoisotopic (exact) mass is 299 g/mol. The van der Waals surface area contributed by atoms with Crippen LogP contribution >= 0.6 is 0 Å². The van der Waals surface area contributed by atoms with Gasteiger partial charge in [0.2, 0.25) is 0 Å². The van der Waals surface area contributed by atoms with Crippen molar-refractivity contribution in [2.24, 2.45) is 0 Å². The summed E-state index contributed by atoms with van der Waals surface area (Å²) in [5.41, 5.74) is 3.72. The first-order chi connectivity index (χ1) is 10.8. The van der Waals surface area contributed by atoms with Crippen LogP contribution in [0, 0.1) is 0 Å². The molecule has 2 aromatic carbocycles. The Morgan fingerprint density at radius 3 is 2.45 bits per heavy atom. The Balaban J connectivity index is 2.06. The maximum absolute atomic E-state index is 5.45. The van der Waals surface area contributed by atoms with Crippen LogP contribution in [0.15, 0.2) is 36.4 Å². The fraction of sp³-hybridized carbons (Fsp3) is 0.333. The summed E-state index contributed by atoms with van der Waals surface area (Å²) in [4.78, 5) is 0. The topological polar surface area (TPSA) is 39.7 Å². The van der Waals surface area contributed by atoms with Gasteiger partial charge in [-0.3, -0.25) is 0 Å². The number of nitrogens with one attached hydrogen (secondary N) is 1. The van der Waals surface area contributed by atoms with E-state index in [-0.39, 0.29) is 6.04 Å². The minimum absolute atomic E-state index is 0.138. The normalized spacial score (nSPS) is 16.8. The van der Waals surface area contributed by atoms with Crippen LogP contribution < -0.4 is 19.5 Å². The van der Waals surface area contributed by atoms with Gasteiger partial charge in [0.1, 0.15) is 5.75 Å². The Bertz CT molecular complexity index is 669. The Morgan fingerprint density at radius 2 is 1.73 bits per heavy atom. The van der Waals surface area contributed by atoms with Crippen LogP contribution in [0.5, 0.6) is 17.2 Å². The molecular weight excluding hydrogens is 278 g/mol. The van der Waals surface area contributed by atoms with E-state index in [0.29, 0.717) is 0 Å². The van der Waals surface area contributed by atoms with Crippen molar-refractivity contribution in [3.8, 4) is 17.2 Å². The van der Waals surface area contributed by atoms with Crippen molar-refractivity contribution < 1.29 is 14.2 Å². The van der Waals surface area contributed by atoms with Gasteiger partial charge < -0.3 is 19.5 Å². The van der Waals surface area contributed by atoms with Gasteiger partial charge in [0.15, 0.2) is 11.5 Å². The van der Waals surface area contributed by atoms with Crippen molar-refractivity contribution in [1.29, 1.82) is 0 Å². The molecule has 1 N–H and O–H groups in total. The lowest BCUT2D eigenvalue weighted by molar-refractivity contribution is 0.353. The summed E-state index contributed by atoms with van der Waals surface area (Å²) >= 11 is 0. The molecule has 0 radical (unpaired) electrons. The summed E-state index contributed by atoms with van der Waals surface area (Å²) in [6, 6.07) is 12.5. The van der Waals surface area contributed by atoms with Crippen molar-refractivity contribution in [2.45, 2.75) is 12.5 Å². The molecule has 0 saturated heterocycles. The zero-order valence-electron chi connectivity index (χ0n) is 13.2. The first-order valence-corrected chi connectivity index (χ1v) is 7.39. The highest BCUT2D eigenvalue weighted by Crippen LogP contribution is 2.37. The second kappa shape index (κ2) is 6.28. The second-order valence-electron chi connectivity index (χ2n) is 5.32. The standard InChI is InChI=1S/C18H21NO3/c1-20-14-6-4-5-13(9-14)18-15-11-17(22-3)16(21-2)10-12(15)7-8-19-18/h4-6,9-11,18-19H,7-8H2,1-3H3/t18-/m0/s1. The molecule has 0 fully saturated rings. The van der Waals surface area contributed by atoms with Crippen LogP contribution in [0.3, 0.4) is 0 Å². The average molecular weight is 299 g/mol. The first-order valence-electron chi connectivity index (χ1n) is 7.39. The third kappa shape index (κ3) is 2.62. The van der Waals surface area contributed by atoms with Crippen LogP contribution in [0.2, 0.25) is 0 Å². The molecule has 0 spiro atoms. The number of methoxy groups -OCH3 is 3. The molecule has 0 saturated carbocycles. The van der Waals surface area contributed by atoms with Crippen molar-refractivity contribution in [1.82, 2.24) is 5.32 Å². The minimum Gasteiger partial charge on any atom is -0.497 e. The van der Waals surface area contributed by atoms with E-state index < -0.39 is 0 Å². The quantitative estimate of drug-likeness (QED) is 0.942. The second-order valence-corrected chi connectivity index (χ2v) is 5.32. The summed E-state index contributed by atoms with van der Waals surface area (Å²) in [6.07, 6.45) is 0.982. The molecule has 1 atom stereocenters. The molecular formula is C18H21NO3. The highest BCUT2D eigenvalue weighted by molar-refractivity contribution is 5.52. The number of rotatable bonds is 4. The number of benzene rings is 2. The van der Waals surface area contributed by atoms with Crippen LogP contribution in [0.25, 0.3) is 0 Å². The maximum Gasteiger partial charge on any atom is 0.161 e. The van der Waals surface area contributed by atoms with E-state index in [1.807, 2.05) is 12.1 Å². The summed E-state index contributed by atoms with van der Waals surface area (Å²) < 4.78 is 16.2. The predicted molar refractivity (Wildman–Crippen MR) is 86.1 cm³/mol. The van der Waals surface area contributed by atoms with Crippen molar-refractivity contribution >= 4 is 0 Å². The van der Waals surface area contributed by atoms with E-state index in [0.717, 1.165) is 30.2 Å². The fourth-order valence-corrected chi connectivity index (χ4v) is 3.00. The SMILES string of the molecule is COc1cccc([C@@H]2NCCc3cc(OC)c(OC)cc32)c1. The van der Waals surface area contributed by atoms with Gasteiger partial charge in [-0.05, 0) is 47.4 Å². The van der Waals surface area contributed by atoms with Gasteiger partial charge in [-0.15, -0.1) is 0 Å². The molecule has 3 rings (SSSR count). The first kappa shape index (κ1) is 14.7. The highest BCUT2D eigenvalue weighted by Gasteiger charge is 2.24. The van der Waals surface area contributed by atoms with Gasteiger partial charge in [-0.1, -0.05) is 12.1 Å². The number of ether oxygens (including phenoxy) is 3. The Hall–Kier alpha value is -2.20. The molecule has 0 aliphatic carbocycles. The van der Waals surface area contributed by atoms with E-state index in [1.165, 1.54) is 16.7 Å². The van der Waals surface area contributed by atoms with Gasteiger partial charge in [-0.2, -0.15) is 0 Å². The van der Waals surface area contributed by atoms with Gasteiger partial charge in [-0.25, -0.2) is 0 Å². The maximum atomic E-state index is 5.45. The van der Waals surface area contributed by atoms with Gasteiger partial charge in [0.05, 0.1) is 27.4 Å². The molecule has 1 heterocycles. The summed E-state index contributed by atoms with van der Waals surface area (Å²) in [7, 11) is 5.03. The van der Waals surface area contributed by atoms with Crippen LogP contribution in [-0.2, 0) is 6.42 Å². The van der Waals surface area contributed by atoms with Crippen molar-refractivity contribution in [2.75, 3.05) is 27.9 Å². The Morgan fingerprint density at radius 1 is 0.955 bits per heavy atom. The van der Waals surface area contributed by atoms with E-state index in [1.54, 1.807) is 21.3 Å². The molecule has 0 aromatic heterocycles. The van der Waals surface area contributed by atoms with Crippen LogP contribution in [0.4, 0.5) is 0 Å². The highest BCUT2D eigenvalue weighted by atomic mass is 16.5. The molecule has 22 heavy (non-hydrogen) atoms. The number of fused-ring (bicyclic) bond motifs is 1. The van der Waals surface area contributed by atoms with E-state index in [4.69, 9.17) is 14.2 Å². The summed E-state index contributed by atoms with van der Waals surface area (Å²) in [5.74, 6) is 2.41. The molecule has 1 aliphatic rings. The third-order valence-corrected chi connectivity index (χ3v) is 4.13. The van der Waals surface area contributed by atoms with Gasteiger partial charge in [0.25, 0.3) is 0 Å². The third-order valence-electron chi connectivity index (χ3n) is 4.13. The molecule has 4 nitrogen and oxygen atoms in total. The largest absolute Gasteiger partial charge is 0.497 e.